The number of hydrogen-bond acceptors (Lipinski definition) is 3. The molecule has 0 aliphatic heterocycles. The number of carbonyl (C=O) groups is 1. The van der Waals surface area contributed by atoms with Crippen LogP contribution in [0.2, 0.25) is 0 Å². The van der Waals surface area contributed by atoms with Gasteiger partial charge in [0.1, 0.15) is 5.78 Å². The van der Waals surface area contributed by atoms with E-state index in [0.29, 0.717) is 25.4 Å². The fraction of sp³-hybridized carbons (Fsp3) is 0.500. The van der Waals surface area contributed by atoms with Crippen LogP contribution < -0.4 is 9.47 Å². The molecule has 0 fully saturated rings. The van der Waals surface area contributed by atoms with Gasteiger partial charge in [0.05, 0.1) is 18.6 Å². The summed E-state index contributed by atoms with van der Waals surface area (Å²) in [4.78, 5) is 11.1. The van der Waals surface area contributed by atoms with Gasteiger partial charge in [0.2, 0.25) is 0 Å². The van der Waals surface area contributed by atoms with Gasteiger partial charge in [0.25, 0.3) is 0 Å². The molecule has 0 aliphatic carbocycles. The van der Waals surface area contributed by atoms with Crippen molar-refractivity contribution < 1.29 is 14.3 Å². The summed E-state index contributed by atoms with van der Waals surface area (Å²) in [6, 6.07) is 5.65. The molecule has 0 amide bonds. The lowest BCUT2D eigenvalue weighted by atomic mass is 10.1. The Bertz CT molecular complexity index is 404. The zero-order chi connectivity index (χ0) is 13.5. The summed E-state index contributed by atoms with van der Waals surface area (Å²) in [5.41, 5.74) is 0.970. The highest BCUT2D eigenvalue weighted by Crippen LogP contribution is 2.29. The number of benzene rings is 1. The standard InChI is InChI=1S/C14H19ClO3/c1-4-17-13-7-6-11(8-12(15)10(3)16)9-14(13)18-5-2/h6-7,9,12H,4-5,8H2,1-3H3. The Morgan fingerprint density at radius 1 is 1.22 bits per heavy atom. The summed E-state index contributed by atoms with van der Waals surface area (Å²) < 4.78 is 11.0. The number of ether oxygens (including phenoxy) is 2. The van der Waals surface area contributed by atoms with Gasteiger partial charge < -0.3 is 9.47 Å². The van der Waals surface area contributed by atoms with E-state index in [2.05, 4.69) is 0 Å². The number of halogens is 1. The second kappa shape index (κ2) is 7.27. The topological polar surface area (TPSA) is 35.5 Å². The van der Waals surface area contributed by atoms with E-state index in [0.717, 1.165) is 11.3 Å². The Kier molecular flexibility index (Phi) is 5.99. The molecular formula is C14H19ClO3. The highest BCUT2D eigenvalue weighted by molar-refractivity contribution is 6.30. The summed E-state index contributed by atoms with van der Waals surface area (Å²) in [5.74, 6) is 1.39. The third kappa shape index (κ3) is 4.22. The van der Waals surface area contributed by atoms with E-state index >= 15 is 0 Å². The Labute approximate surface area is 113 Å². The van der Waals surface area contributed by atoms with Crippen LogP contribution in [-0.2, 0) is 11.2 Å². The lowest BCUT2D eigenvalue weighted by Crippen LogP contribution is -2.13. The molecule has 18 heavy (non-hydrogen) atoms. The van der Waals surface area contributed by atoms with Crippen molar-refractivity contribution in [2.45, 2.75) is 32.6 Å². The molecule has 100 valence electrons. The van der Waals surface area contributed by atoms with Crippen LogP contribution in [0, 0.1) is 0 Å². The van der Waals surface area contributed by atoms with Crippen molar-refractivity contribution in [1.29, 1.82) is 0 Å². The van der Waals surface area contributed by atoms with E-state index in [1.807, 2.05) is 32.0 Å². The number of hydrogen-bond donors (Lipinski definition) is 0. The highest BCUT2D eigenvalue weighted by atomic mass is 35.5. The van der Waals surface area contributed by atoms with Crippen LogP contribution in [0.1, 0.15) is 26.3 Å². The average molecular weight is 271 g/mol. The smallest absolute Gasteiger partial charge is 0.161 e. The molecule has 0 saturated carbocycles. The van der Waals surface area contributed by atoms with Gasteiger partial charge in [-0.25, -0.2) is 0 Å². The van der Waals surface area contributed by atoms with Gasteiger partial charge in [-0.05, 0) is 44.9 Å². The van der Waals surface area contributed by atoms with Crippen LogP contribution in [0.5, 0.6) is 11.5 Å². The van der Waals surface area contributed by atoms with Crippen molar-refractivity contribution >= 4 is 17.4 Å². The van der Waals surface area contributed by atoms with Gasteiger partial charge in [-0.1, -0.05) is 6.07 Å². The van der Waals surface area contributed by atoms with Gasteiger partial charge >= 0.3 is 0 Å². The lowest BCUT2D eigenvalue weighted by Gasteiger charge is -2.13. The SMILES string of the molecule is CCOc1ccc(CC(Cl)C(C)=O)cc1OCC. The molecule has 1 aromatic rings. The summed E-state index contributed by atoms with van der Waals surface area (Å²) in [5, 5.41) is -0.488. The minimum absolute atomic E-state index is 0.0245. The Hall–Kier alpha value is -1.22. The first kappa shape index (κ1) is 14.8. The first-order chi connectivity index (χ1) is 8.58. The van der Waals surface area contributed by atoms with Crippen molar-refractivity contribution in [2.24, 2.45) is 0 Å². The second-order valence-corrected chi connectivity index (χ2v) is 4.46. The van der Waals surface area contributed by atoms with Gasteiger partial charge in [-0.3, -0.25) is 4.79 Å². The molecule has 0 heterocycles. The molecule has 0 aliphatic rings. The van der Waals surface area contributed by atoms with Crippen LogP contribution in [0.4, 0.5) is 0 Å². The number of carbonyl (C=O) groups excluding carboxylic acids is 1. The minimum atomic E-state index is -0.488. The normalized spacial score (nSPS) is 12.0. The van der Waals surface area contributed by atoms with Crippen LogP contribution in [0.15, 0.2) is 18.2 Å². The van der Waals surface area contributed by atoms with E-state index in [-0.39, 0.29) is 5.78 Å². The average Bonchev–Trinajstić information content (AvgIpc) is 2.33. The molecule has 0 aromatic heterocycles. The van der Waals surface area contributed by atoms with Gasteiger partial charge in [0, 0.05) is 0 Å². The van der Waals surface area contributed by atoms with Crippen LogP contribution in [0.3, 0.4) is 0 Å². The van der Waals surface area contributed by atoms with Crippen LogP contribution in [0.25, 0.3) is 0 Å². The van der Waals surface area contributed by atoms with E-state index in [1.54, 1.807) is 0 Å². The first-order valence-corrected chi connectivity index (χ1v) is 6.55. The summed E-state index contributed by atoms with van der Waals surface area (Å²) in [6.45, 7) is 6.50. The molecule has 0 bridgehead atoms. The van der Waals surface area contributed by atoms with Crippen molar-refractivity contribution in [2.75, 3.05) is 13.2 Å². The van der Waals surface area contributed by atoms with Crippen molar-refractivity contribution in [3.05, 3.63) is 23.8 Å². The molecular weight excluding hydrogens is 252 g/mol. The van der Waals surface area contributed by atoms with Crippen LogP contribution in [-0.4, -0.2) is 24.4 Å². The van der Waals surface area contributed by atoms with E-state index < -0.39 is 5.38 Å². The van der Waals surface area contributed by atoms with Crippen molar-refractivity contribution in [3.8, 4) is 11.5 Å². The number of alkyl halides is 1. The second-order valence-electron chi connectivity index (χ2n) is 3.93. The maximum absolute atomic E-state index is 11.1. The molecule has 0 radical (unpaired) electrons. The lowest BCUT2D eigenvalue weighted by molar-refractivity contribution is -0.116. The monoisotopic (exact) mass is 270 g/mol. The Morgan fingerprint density at radius 3 is 2.39 bits per heavy atom. The predicted octanol–water partition coefficient (Wildman–Crippen LogP) is 3.22. The quantitative estimate of drug-likeness (QED) is 0.714. The van der Waals surface area contributed by atoms with Gasteiger partial charge in [-0.2, -0.15) is 0 Å². The maximum Gasteiger partial charge on any atom is 0.161 e. The molecule has 1 aromatic carbocycles. The molecule has 1 rings (SSSR count). The molecule has 0 N–H and O–H groups in total. The largest absolute Gasteiger partial charge is 0.490 e. The Morgan fingerprint density at radius 2 is 1.83 bits per heavy atom. The van der Waals surface area contributed by atoms with Gasteiger partial charge in [-0.15, -0.1) is 11.6 Å². The Balaban J connectivity index is 2.88. The predicted molar refractivity (Wildman–Crippen MR) is 72.8 cm³/mol. The fourth-order valence-corrected chi connectivity index (χ4v) is 1.75. The van der Waals surface area contributed by atoms with Crippen molar-refractivity contribution in [3.63, 3.8) is 0 Å². The molecule has 1 atom stereocenters. The molecule has 1 unspecified atom stereocenters. The van der Waals surface area contributed by atoms with E-state index in [4.69, 9.17) is 21.1 Å². The van der Waals surface area contributed by atoms with Crippen molar-refractivity contribution in [1.82, 2.24) is 0 Å². The zero-order valence-corrected chi connectivity index (χ0v) is 11.8. The minimum Gasteiger partial charge on any atom is -0.490 e. The third-order valence-electron chi connectivity index (χ3n) is 2.46. The van der Waals surface area contributed by atoms with Crippen LogP contribution >= 0.6 is 11.6 Å². The van der Waals surface area contributed by atoms with E-state index in [1.165, 1.54) is 6.92 Å². The first-order valence-electron chi connectivity index (χ1n) is 6.11. The molecule has 0 saturated heterocycles. The zero-order valence-electron chi connectivity index (χ0n) is 11.0. The number of ketones is 1. The highest BCUT2D eigenvalue weighted by Gasteiger charge is 2.13. The summed E-state index contributed by atoms with van der Waals surface area (Å²) in [7, 11) is 0. The molecule has 3 nitrogen and oxygen atoms in total. The van der Waals surface area contributed by atoms with Gasteiger partial charge in [0.15, 0.2) is 11.5 Å². The maximum atomic E-state index is 11.1. The fourth-order valence-electron chi connectivity index (χ4n) is 1.57. The number of Topliss-reactive ketones (excluding diaryl/α,β-unsaturated/α-hetero) is 1. The summed E-state index contributed by atoms with van der Waals surface area (Å²) >= 11 is 5.96. The number of rotatable bonds is 7. The molecule has 4 heteroatoms. The third-order valence-corrected chi connectivity index (χ3v) is 2.93. The summed E-state index contributed by atoms with van der Waals surface area (Å²) in [6.07, 6.45) is 0.503. The molecule has 0 spiro atoms. The van der Waals surface area contributed by atoms with E-state index in [9.17, 15) is 4.79 Å².